The molecule has 8 heteroatoms. The second kappa shape index (κ2) is 17.4. The summed E-state index contributed by atoms with van der Waals surface area (Å²) in [5, 5.41) is 19.7. The highest BCUT2D eigenvalue weighted by Gasteiger charge is 1.96. The zero-order chi connectivity index (χ0) is 23.5. The van der Waals surface area contributed by atoms with Crippen LogP contribution in [0, 0.1) is 13.8 Å². The van der Waals surface area contributed by atoms with Gasteiger partial charge in [-0.3, -0.25) is 14.4 Å². The number of oxime groups is 1. The van der Waals surface area contributed by atoms with E-state index in [0.717, 1.165) is 16.7 Å². The molecule has 31 heavy (non-hydrogen) atoms. The van der Waals surface area contributed by atoms with Gasteiger partial charge in [0.25, 0.3) is 0 Å². The molecule has 0 heterocycles. The lowest BCUT2D eigenvalue weighted by molar-refractivity contribution is -0.136. The number of carboxylic acid groups (broad SMARTS) is 2. The Bertz CT molecular complexity index is 836. The molecule has 168 valence electrons. The summed E-state index contributed by atoms with van der Waals surface area (Å²) in [4.78, 5) is 29.1. The lowest BCUT2D eigenvalue weighted by atomic mass is 10.1. The molecule has 0 amide bonds. The SMILES string of the molecule is C=CCC(=O)O.Cc1ccccc1CO/N=C\CC(=O)O.Cc1ccccc1CON. The van der Waals surface area contributed by atoms with Crippen molar-refractivity contribution >= 4 is 18.2 Å². The molecule has 0 radical (unpaired) electrons. The van der Waals surface area contributed by atoms with Crippen molar-refractivity contribution in [3.63, 3.8) is 0 Å². The molecule has 0 aromatic heterocycles. The number of hydrogen-bond acceptors (Lipinski definition) is 6. The first-order valence-corrected chi connectivity index (χ1v) is 9.40. The van der Waals surface area contributed by atoms with Gasteiger partial charge in [0, 0.05) is 0 Å². The van der Waals surface area contributed by atoms with Gasteiger partial charge in [0.2, 0.25) is 0 Å². The van der Waals surface area contributed by atoms with Crippen molar-refractivity contribution in [3.8, 4) is 0 Å². The number of aryl methyl sites for hydroxylation is 2. The minimum atomic E-state index is -0.918. The standard InChI is InChI=1S/C11H13NO3.C8H11NO.C4H6O2/c1-9-4-2-3-5-10(9)8-15-12-7-6-11(13)14;1-7-4-2-3-5-8(7)6-10-9;1-2-3-4(5)6/h2-5,7H,6,8H2,1H3,(H,13,14);2-5H,6,9H2,1H3;2H,1,3H2,(H,5,6)/b12-7-;;. The van der Waals surface area contributed by atoms with Gasteiger partial charge < -0.3 is 15.1 Å². The zero-order valence-corrected chi connectivity index (χ0v) is 17.9. The van der Waals surface area contributed by atoms with Gasteiger partial charge in [-0.2, -0.15) is 0 Å². The lowest BCUT2D eigenvalue weighted by Crippen LogP contribution is -1.99. The molecule has 0 saturated carbocycles. The van der Waals surface area contributed by atoms with Gasteiger partial charge in [0.15, 0.2) is 0 Å². The molecule has 8 nitrogen and oxygen atoms in total. The van der Waals surface area contributed by atoms with Gasteiger partial charge >= 0.3 is 11.9 Å². The van der Waals surface area contributed by atoms with E-state index in [9.17, 15) is 9.59 Å². The van der Waals surface area contributed by atoms with E-state index in [4.69, 9.17) is 20.9 Å². The summed E-state index contributed by atoms with van der Waals surface area (Å²) in [7, 11) is 0. The van der Waals surface area contributed by atoms with Crippen LogP contribution in [0.15, 0.2) is 66.3 Å². The molecule has 0 saturated heterocycles. The first-order valence-electron chi connectivity index (χ1n) is 9.40. The first kappa shape index (κ1) is 27.5. The fraction of sp³-hybridized carbons (Fsp3) is 0.261. The van der Waals surface area contributed by atoms with Crippen molar-refractivity contribution in [2.24, 2.45) is 11.1 Å². The van der Waals surface area contributed by atoms with Crippen LogP contribution >= 0.6 is 0 Å². The number of rotatable bonds is 9. The van der Waals surface area contributed by atoms with E-state index in [2.05, 4.69) is 16.6 Å². The highest BCUT2D eigenvalue weighted by molar-refractivity contribution is 5.84. The fourth-order valence-corrected chi connectivity index (χ4v) is 2.03. The summed E-state index contributed by atoms with van der Waals surface area (Å²) in [5.74, 6) is 3.18. The Balaban J connectivity index is 0.000000484. The van der Waals surface area contributed by atoms with Crippen molar-refractivity contribution < 1.29 is 29.5 Å². The van der Waals surface area contributed by atoms with E-state index < -0.39 is 11.9 Å². The molecule has 2 aromatic carbocycles. The van der Waals surface area contributed by atoms with Gasteiger partial charge in [0.1, 0.15) is 6.61 Å². The lowest BCUT2D eigenvalue weighted by Gasteiger charge is -2.02. The number of carboxylic acids is 2. The highest BCUT2D eigenvalue weighted by atomic mass is 16.6. The second-order valence-corrected chi connectivity index (χ2v) is 6.21. The van der Waals surface area contributed by atoms with Crippen molar-refractivity contribution in [3.05, 3.63) is 83.4 Å². The van der Waals surface area contributed by atoms with E-state index in [1.807, 2.05) is 62.4 Å². The maximum Gasteiger partial charge on any atom is 0.308 e. The molecule has 0 aliphatic heterocycles. The van der Waals surface area contributed by atoms with E-state index in [0.29, 0.717) is 13.2 Å². The Morgan fingerprint density at radius 3 is 1.81 bits per heavy atom. The van der Waals surface area contributed by atoms with Crippen LogP contribution in [0.2, 0.25) is 0 Å². The maximum absolute atomic E-state index is 10.1. The van der Waals surface area contributed by atoms with Crippen LogP contribution in [0.25, 0.3) is 0 Å². The van der Waals surface area contributed by atoms with Crippen molar-refractivity contribution in [2.75, 3.05) is 0 Å². The van der Waals surface area contributed by atoms with Crippen LogP contribution in [0.4, 0.5) is 0 Å². The van der Waals surface area contributed by atoms with Crippen LogP contribution in [0.5, 0.6) is 0 Å². The molecule has 2 aromatic rings. The molecule has 0 spiro atoms. The zero-order valence-electron chi connectivity index (χ0n) is 17.9. The van der Waals surface area contributed by atoms with E-state index >= 15 is 0 Å². The number of nitrogens with zero attached hydrogens (tertiary/aromatic N) is 1. The molecule has 0 unspecified atom stereocenters. The predicted molar refractivity (Wildman–Crippen MR) is 119 cm³/mol. The van der Waals surface area contributed by atoms with Gasteiger partial charge in [-0.1, -0.05) is 59.8 Å². The second-order valence-electron chi connectivity index (χ2n) is 6.21. The third-order valence-electron chi connectivity index (χ3n) is 3.72. The van der Waals surface area contributed by atoms with Gasteiger partial charge in [0.05, 0.1) is 25.7 Å². The molecular formula is C23H30N2O6. The largest absolute Gasteiger partial charge is 0.481 e. The monoisotopic (exact) mass is 430 g/mol. The molecular weight excluding hydrogens is 400 g/mol. The minimum Gasteiger partial charge on any atom is -0.481 e. The average molecular weight is 431 g/mol. The average Bonchev–Trinajstić information content (AvgIpc) is 2.72. The van der Waals surface area contributed by atoms with E-state index in [1.165, 1.54) is 17.9 Å². The Hall–Kier alpha value is -3.49. The van der Waals surface area contributed by atoms with E-state index in [-0.39, 0.29) is 12.8 Å². The molecule has 0 bridgehead atoms. The van der Waals surface area contributed by atoms with Crippen LogP contribution in [-0.2, 0) is 32.5 Å². The van der Waals surface area contributed by atoms with Crippen molar-refractivity contribution in [1.82, 2.24) is 0 Å². The number of carbonyl (C=O) groups is 2. The molecule has 0 atom stereocenters. The summed E-state index contributed by atoms with van der Waals surface area (Å²) < 4.78 is 0. The van der Waals surface area contributed by atoms with E-state index in [1.54, 1.807) is 0 Å². The third-order valence-corrected chi connectivity index (χ3v) is 3.72. The summed E-state index contributed by atoms with van der Waals surface area (Å²) in [6.07, 6.45) is 2.52. The summed E-state index contributed by atoms with van der Waals surface area (Å²) >= 11 is 0. The summed E-state index contributed by atoms with van der Waals surface area (Å²) in [5.41, 5.74) is 4.54. The Kier molecular flexibility index (Phi) is 15.4. The maximum atomic E-state index is 10.1. The smallest absolute Gasteiger partial charge is 0.308 e. The van der Waals surface area contributed by atoms with Crippen molar-refractivity contribution in [1.29, 1.82) is 0 Å². The van der Waals surface area contributed by atoms with Gasteiger partial charge in [-0.05, 0) is 36.1 Å². The first-order chi connectivity index (χ1) is 14.8. The molecule has 0 aliphatic carbocycles. The minimum absolute atomic E-state index is 0.0556. The van der Waals surface area contributed by atoms with Crippen LogP contribution in [-0.4, -0.2) is 28.4 Å². The molecule has 0 fully saturated rings. The highest BCUT2D eigenvalue weighted by Crippen LogP contribution is 2.08. The Morgan fingerprint density at radius 2 is 1.42 bits per heavy atom. The van der Waals surface area contributed by atoms with Gasteiger partial charge in [-0.15, -0.1) is 6.58 Å². The van der Waals surface area contributed by atoms with Crippen LogP contribution in [0.1, 0.15) is 35.1 Å². The quantitative estimate of drug-likeness (QED) is 0.311. The van der Waals surface area contributed by atoms with Crippen LogP contribution < -0.4 is 5.90 Å². The topological polar surface area (TPSA) is 131 Å². The van der Waals surface area contributed by atoms with Crippen LogP contribution in [0.3, 0.4) is 0 Å². The fourth-order valence-electron chi connectivity index (χ4n) is 2.03. The number of nitrogens with two attached hydrogens (primary N) is 1. The number of hydrogen-bond donors (Lipinski definition) is 3. The Morgan fingerprint density at radius 1 is 0.935 bits per heavy atom. The third kappa shape index (κ3) is 15.1. The predicted octanol–water partition coefficient (Wildman–Crippen LogP) is 4.00. The number of benzene rings is 2. The normalized spacial score (nSPS) is 9.65. The summed E-state index contributed by atoms with van der Waals surface area (Å²) in [6, 6.07) is 15.8. The molecule has 4 N–H and O–H groups in total. The number of aliphatic carboxylic acids is 2. The molecule has 0 aliphatic rings. The van der Waals surface area contributed by atoms with Crippen molar-refractivity contribution in [2.45, 2.75) is 39.9 Å². The summed E-state index contributed by atoms with van der Waals surface area (Å²) in [6.45, 7) is 8.10. The van der Waals surface area contributed by atoms with Gasteiger partial charge in [-0.25, -0.2) is 5.90 Å². The Labute approximate surface area is 182 Å². The molecule has 2 rings (SSSR count).